The van der Waals surface area contributed by atoms with Crippen LogP contribution in [0.4, 0.5) is 11.8 Å². The minimum Gasteiger partial charge on any atom is -0.465 e. The first kappa shape index (κ1) is 32.8. The highest BCUT2D eigenvalue weighted by Crippen LogP contribution is 2.34. The van der Waals surface area contributed by atoms with Crippen molar-refractivity contribution >= 4 is 59.6 Å². The van der Waals surface area contributed by atoms with Crippen LogP contribution in [-0.4, -0.2) is 74.6 Å². The number of carbonyl (C=O) groups excluding carboxylic acids is 2. The quantitative estimate of drug-likeness (QED) is 0.308. The number of aromatic nitrogens is 4. The number of fused-ring (bicyclic) bond motifs is 1. The Kier molecular flexibility index (Phi) is 11.1. The summed E-state index contributed by atoms with van der Waals surface area (Å²) in [4.78, 5) is 41.4. The van der Waals surface area contributed by atoms with Gasteiger partial charge in [-0.05, 0) is 75.6 Å². The molecule has 2 aromatic heterocycles. The zero-order valence-electron chi connectivity index (χ0n) is 24.5. The SMILES string of the molecule is COC(=O)c1ccc(C(=O)N2CCC(Nc3nc(NC4CCC(N)CC4)nc4c3ncn4C3CCCC3)CC2)cc1.Cl.Cl. The van der Waals surface area contributed by atoms with E-state index in [1.54, 1.807) is 24.3 Å². The van der Waals surface area contributed by atoms with E-state index in [0.29, 0.717) is 42.2 Å². The predicted molar refractivity (Wildman–Crippen MR) is 172 cm³/mol. The fraction of sp³-hybridized carbons (Fsp3) is 0.567. The highest BCUT2D eigenvalue weighted by atomic mass is 35.5. The van der Waals surface area contributed by atoms with Crippen LogP contribution in [0.1, 0.15) is 91.0 Å². The van der Waals surface area contributed by atoms with E-state index in [1.807, 2.05) is 11.2 Å². The van der Waals surface area contributed by atoms with Gasteiger partial charge in [-0.1, -0.05) is 12.8 Å². The van der Waals surface area contributed by atoms with Crippen LogP contribution < -0.4 is 16.4 Å². The third-order valence-electron chi connectivity index (χ3n) is 8.92. The molecule has 0 spiro atoms. The monoisotopic (exact) mass is 632 g/mol. The zero-order chi connectivity index (χ0) is 28.3. The van der Waals surface area contributed by atoms with Crippen LogP contribution in [0.25, 0.3) is 11.2 Å². The summed E-state index contributed by atoms with van der Waals surface area (Å²) in [5, 5.41) is 7.25. The molecular formula is C30H42Cl2N8O3. The fourth-order valence-corrected chi connectivity index (χ4v) is 6.45. The van der Waals surface area contributed by atoms with Gasteiger partial charge in [-0.15, -0.1) is 24.8 Å². The maximum atomic E-state index is 13.1. The maximum Gasteiger partial charge on any atom is 0.337 e. The van der Waals surface area contributed by atoms with E-state index in [2.05, 4.69) is 15.2 Å². The summed E-state index contributed by atoms with van der Waals surface area (Å²) < 4.78 is 6.99. The summed E-state index contributed by atoms with van der Waals surface area (Å²) in [5.41, 5.74) is 8.81. The van der Waals surface area contributed by atoms with Gasteiger partial charge in [0.1, 0.15) is 0 Å². The first-order chi connectivity index (χ1) is 20.0. The number of anilines is 2. The molecule has 2 saturated carbocycles. The van der Waals surface area contributed by atoms with Crippen LogP contribution >= 0.6 is 24.8 Å². The Morgan fingerprint density at radius 2 is 1.49 bits per heavy atom. The third kappa shape index (κ3) is 7.33. The van der Waals surface area contributed by atoms with Crippen LogP contribution in [-0.2, 0) is 4.74 Å². The Labute approximate surface area is 264 Å². The zero-order valence-corrected chi connectivity index (χ0v) is 26.2. The van der Waals surface area contributed by atoms with Gasteiger partial charge in [0.15, 0.2) is 17.0 Å². The summed E-state index contributed by atoms with van der Waals surface area (Å²) >= 11 is 0. The molecule has 0 atom stereocenters. The van der Waals surface area contributed by atoms with Crippen LogP contribution in [0.5, 0.6) is 0 Å². The molecule has 0 bridgehead atoms. The first-order valence-electron chi connectivity index (χ1n) is 15.0. The van der Waals surface area contributed by atoms with Crippen molar-refractivity contribution in [1.29, 1.82) is 0 Å². The molecule has 3 aliphatic rings. The van der Waals surface area contributed by atoms with Crippen LogP contribution in [0.2, 0.25) is 0 Å². The van der Waals surface area contributed by atoms with Crippen molar-refractivity contribution < 1.29 is 14.3 Å². The molecule has 0 radical (unpaired) electrons. The van der Waals surface area contributed by atoms with Crippen molar-refractivity contribution in [2.75, 3.05) is 30.8 Å². The Hall–Kier alpha value is -3.15. The topological polar surface area (TPSA) is 140 Å². The lowest BCUT2D eigenvalue weighted by atomic mass is 9.92. The van der Waals surface area contributed by atoms with E-state index in [9.17, 15) is 9.59 Å². The number of likely N-dealkylation sites (tertiary alicyclic amines) is 1. The predicted octanol–water partition coefficient (Wildman–Crippen LogP) is 4.97. The van der Waals surface area contributed by atoms with Gasteiger partial charge in [0.2, 0.25) is 5.95 Å². The molecule has 234 valence electrons. The molecule has 3 aromatic rings. The number of carbonyl (C=O) groups is 2. The number of nitrogens with two attached hydrogens (primary N) is 1. The number of nitrogens with zero attached hydrogens (tertiary/aromatic N) is 5. The number of hydrogen-bond donors (Lipinski definition) is 3. The Morgan fingerprint density at radius 1 is 0.860 bits per heavy atom. The molecule has 1 aromatic carbocycles. The van der Waals surface area contributed by atoms with E-state index in [4.69, 9.17) is 25.4 Å². The smallest absolute Gasteiger partial charge is 0.337 e. The molecule has 1 amide bonds. The van der Waals surface area contributed by atoms with Crippen molar-refractivity contribution in [3.8, 4) is 0 Å². The number of hydrogen-bond acceptors (Lipinski definition) is 9. The number of halogens is 2. The lowest BCUT2D eigenvalue weighted by Gasteiger charge is -2.33. The maximum absolute atomic E-state index is 13.1. The molecule has 2 aliphatic carbocycles. The minimum absolute atomic E-state index is 0. The number of nitrogens with one attached hydrogen (secondary N) is 2. The number of methoxy groups -OCH3 is 1. The second kappa shape index (κ2) is 14.5. The summed E-state index contributed by atoms with van der Waals surface area (Å²) in [6, 6.07) is 7.83. The van der Waals surface area contributed by atoms with Crippen molar-refractivity contribution in [1.82, 2.24) is 24.4 Å². The molecule has 3 heterocycles. The van der Waals surface area contributed by atoms with Crippen LogP contribution in [0, 0.1) is 0 Å². The standard InChI is InChI=1S/C30H40N8O3.2ClH/c1-41-29(40)20-8-6-19(7-9-20)28(39)37-16-14-23(15-17-37)33-26-25-27(38(18-32-25)24-4-2-3-5-24)36-30(35-26)34-22-12-10-21(31)11-13-22;;/h6-9,18,21-24H,2-5,10-17,31H2,1H3,(H2,33,34,35,36);2*1H. The van der Waals surface area contributed by atoms with Gasteiger partial charge in [-0.3, -0.25) is 4.79 Å². The van der Waals surface area contributed by atoms with E-state index in [0.717, 1.165) is 68.3 Å². The van der Waals surface area contributed by atoms with Crippen molar-refractivity contribution in [3.05, 3.63) is 41.7 Å². The molecule has 1 aliphatic heterocycles. The van der Waals surface area contributed by atoms with Gasteiger partial charge in [0.05, 0.1) is 19.0 Å². The Morgan fingerprint density at radius 3 is 2.14 bits per heavy atom. The molecule has 1 saturated heterocycles. The summed E-state index contributed by atoms with van der Waals surface area (Å²) in [6.45, 7) is 1.26. The van der Waals surface area contributed by atoms with E-state index in [1.165, 1.54) is 20.0 Å². The highest BCUT2D eigenvalue weighted by Gasteiger charge is 2.27. The number of esters is 1. The second-order valence-electron chi connectivity index (χ2n) is 11.7. The average molecular weight is 634 g/mol. The number of ether oxygens (including phenoxy) is 1. The van der Waals surface area contributed by atoms with Crippen molar-refractivity contribution in [2.24, 2.45) is 5.73 Å². The number of piperidine rings is 1. The molecule has 4 N–H and O–H groups in total. The third-order valence-corrected chi connectivity index (χ3v) is 8.92. The number of rotatable bonds is 7. The number of benzene rings is 1. The van der Waals surface area contributed by atoms with Crippen molar-refractivity contribution in [2.45, 2.75) is 88.4 Å². The minimum atomic E-state index is -0.413. The molecule has 11 nitrogen and oxygen atoms in total. The van der Waals surface area contributed by atoms with Gasteiger partial charge < -0.3 is 30.6 Å². The lowest BCUT2D eigenvalue weighted by Crippen LogP contribution is -2.42. The van der Waals surface area contributed by atoms with E-state index >= 15 is 0 Å². The van der Waals surface area contributed by atoms with Gasteiger partial charge in [-0.2, -0.15) is 9.97 Å². The van der Waals surface area contributed by atoms with E-state index in [-0.39, 0.29) is 42.8 Å². The molecule has 43 heavy (non-hydrogen) atoms. The first-order valence-corrected chi connectivity index (χ1v) is 15.0. The van der Waals surface area contributed by atoms with E-state index < -0.39 is 5.97 Å². The Bertz CT molecular complexity index is 1380. The van der Waals surface area contributed by atoms with Crippen molar-refractivity contribution in [3.63, 3.8) is 0 Å². The summed E-state index contributed by atoms with van der Waals surface area (Å²) in [7, 11) is 1.34. The second-order valence-corrected chi connectivity index (χ2v) is 11.7. The molecule has 13 heteroatoms. The van der Waals surface area contributed by atoms with Crippen LogP contribution in [0.15, 0.2) is 30.6 Å². The molecule has 3 fully saturated rings. The summed E-state index contributed by atoms with van der Waals surface area (Å²) in [5.74, 6) is 0.954. The van der Waals surface area contributed by atoms with Gasteiger partial charge in [0, 0.05) is 42.8 Å². The summed E-state index contributed by atoms with van der Waals surface area (Å²) in [6.07, 6.45) is 12.4. The Balaban J connectivity index is 0.00000212. The average Bonchev–Trinajstić information content (AvgIpc) is 3.69. The molecule has 0 unspecified atom stereocenters. The molecule has 6 rings (SSSR count). The largest absolute Gasteiger partial charge is 0.465 e. The fourth-order valence-electron chi connectivity index (χ4n) is 6.45. The van der Waals surface area contributed by atoms with Gasteiger partial charge in [0.25, 0.3) is 5.91 Å². The normalized spacial score (nSPS) is 21.1. The highest BCUT2D eigenvalue weighted by molar-refractivity contribution is 5.96. The lowest BCUT2D eigenvalue weighted by molar-refractivity contribution is 0.0599. The number of amides is 1. The van der Waals surface area contributed by atoms with Crippen LogP contribution in [0.3, 0.4) is 0 Å². The molecular weight excluding hydrogens is 591 g/mol. The number of imidazole rings is 1. The van der Waals surface area contributed by atoms with Gasteiger partial charge in [-0.25, -0.2) is 9.78 Å². The van der Waals surface area contributed by atoms with Gasteiger partial charge >= 0.3 is 5.97 Å².